The van der Waals surface area contributed by atoms with Crippen molar-refractivity contribution in [3.63, 3.8) is 0 Å². The number of carbonyl (C=O) groups excluding carboxylic acids is 1. The third-order valence-corrected chi connectivity index (χ3v) is 5.29. The van der Waals surface area contributed by atoms with Crippen LogP contribution in [-0.2, 0) is 13.0 Å². The maximum atomic E-state index is 12.9. The summed E-state index contributed by atoms with van der Waals surface area (Å²) >= 11 is 0. The van der Waals surface area contributed by atoms with Gasteiger partial charge < -0.3 is 19.4 Å². The molecule has 1 aliphatic heterocycles. The normalized spacial score (nSPS) is 13.2. The third-order valence-electron chi connectivity index (χ3n) is 5.29. The van der Waals surface area contributed by atoms with Gasteiger partial charge >= 0.3 is 0 Å². The molecule has 4 rings (SSSR count). The number of nitrogens with one attached hydrogen (secondary N) is 1. The van der Waals surface area contributed by atoms with E-state index < -0.39 is 0 Å². The number of amides is 1. The number of fused-ring (bicyclic) bond motifs is 1. The number of anilines is 1. The molecular formula is C24H28N4O3. The molecule has 7 heteroatoms. The summed E-state index contributed by atoms with van der Waals surface area (Å²) in [5.74, 6) is 2.89. The number of benzene rings is 2. The standard InChI is InChI=1S/C24H28N4O3/c1-3-30-20-13-12-18(16-21(20)31-4-2)24(29)25-19-10-8-9-17(15-19)23-27-26-22-11-6-5-7-14-28(22)23/h8-10,12-13,15-16H,3-7,11,14H2,1-2H3,(H,25,29). The van der Waals surface area contributed by atoms with E-state index in [4.69, 9.17) is 9.47 Å². The van der Waals surface area contributed by atoms with Crippen LogP contribution in [0.5, 0.6) is 11.5 Å². The summed E-state index contributed by atoms with van der Waals surface area (Å²) in [6, 6.07) is 13.0. The van der Waals surface area contributed by atoms with Crippen LogP contribution < -0.4 is 14.8 Å². The Hall–Kier alpha value is -3.35. The van der Waals surface area contributed by atoms with Crippen molar-refractivity contribution in [1.82, 2.24) is 14.8 Å². The van der Waals surface area contributed by atoms with Crippen molar-refractivity contribution >= 4 is 11.6 Å². The fourth-order valence-corrected chi connectivity index (χ4v) is 3.83. The van der Waals surface area contributed by atoms with E-state index in [-0.39, 0.29) is 5.91 Å². The van der Waals surface area contributed by atoms with Crippen molar-refractivity contribution < 1.29 is 14.3 Å². The molecule has 1 N–H and O–H groups in total. The lowest BCUT2D eigenvalue weighted by molar-refractivity contribution is 0.102. The highest BCUT2D eigenvalue weighted by Crippen LogP contribution is 2.29. The first-order valence-corrected chi connectivity index (χ1v) is 10.9. The first kappa shape index (κ1) is 20.9. The van der Waals surface area contributed by atoms with E-state index >= 15 is 0 Å². The lowest BCUT2D eigenvalue weighted by Crippen LogP contribution is -2.12. The SMILES string of the molecule is CCOc1ccc(C(=O)Nc2cccc(-c3nnc4n3CCCCC4)c2)cc1OCC. The second-order valence-electron chi connectivity index (χ2n) is 7.46. The molecule has 0 saturated carbocycles. The van der Waals surface area contributed by atoms with Gasteiger partial charge in [-0.15, -0.1) is 10.2 Å². The minimum atomic E-state index is -0.207. The number of rotatable bonds is 7. The number of nitrogens with zero attached hydrogens (tertiary/aromatic N) is 3. The van der Waals surface area contributed by atoms with Crippen LogP contribution in [0.15, 0.2) is 42.5 Å². The summed E-state index contributed by atoms with van der Waals surface area (Å²) < 4.78 is 13.4. The maximum Gasteiger partial charge on any atom is 0.255 e. The highest BCUT2D eigenvalue weighted by molar-refractivity contribution is 6.04. The van der Waals surface area contributed by atoms with E-state index in [1.807, 2.05) is 38.1 Å². The van der Waals surface area contributed by atoms with E-state index in [1.54, 1.807) is 18.2 Å². The molecule has 0 saturated heterocycles. The molecule has 0 aliphatic carbocycles. The van der Waals surface area contributed by atoms with Crippen LogP contribution in [0.4, 0.5) is 5.69 Å². The molecule has 0 radical (unpaired) electrons. The number of ether oxygens (including phenoxy) is 2. The van der Waals surface area contributed by atoms with Crippen LogP contribution in [-0.4, -0.2) is 33.9 Å². The number of aromatic nitrogens is 3. The zero-order valence-electron chi connectivity index (χ0n) is 18.1. The summed E-state index contributed by atoms with van der Waals surface area (Å²) in [6.07, 6.45) is 4.46. The Bertz CT molecular complexity index is 1060. The summed E-state index contributed by atoms with van der Waals surface area (Å²) in [7, 11) is 0. The molecule has 0 atom stereocenters. The average Bonchev–Trinajstić information content (AvgIpc) is 3.03. The average molecular weight is 421 g/mol. The van der Waals surface area contributed by atoms with Crippen molar-refractivity contribution in [2.75, 3.05) is 18.5 Å². The molecule has 0 fully saturated rings. The van der Waals surface area contributed by atoms with Gasteiger partial charge in [0.05, 0.1) is 13.2 Å². The van der Waals surface area contributed by atoms with Gasteiger partial charge in [-0.3, -0.25) is 4.79 Å². The zero-order chi connectivity index (χ0) is 21.6. The van der Waals surface area contributed by atoms with Crippen molar-refractivity contribution in [3.05, 3.63) is 53.9 Å². The predicted octanol–water partition coefficient (Wildman–Crippen LogP) is 4.72. The Balaban J connectivity index is 1.55. The van der Waals surface area contributed by atoms with Gasteiger partial charge in [-0.1, -0.05) is 18.6 Å². The molecule has 162 valence electrons. The molecule has 1 amide bonds. The first-order chi connectivity index (χ1) is 15.2. The van der Waals surface area contributed by atoms with E-state index in [1.165, 1.54) is 6.42 Å². The molecular weight excluding hydrogens is 392 g/mol. The summed E-state index contributed by atoms with van der Waals surface area (Å²) in [5.41, 5.74) is 2.16. The van der Waals surface area contributed by atoms with Gasteiger partial charge in [0, 0.05) is 29.8 Å². The molecule has 7 nitrogen and oxygen atoms in total. The lowest BCUT2D eigenvalue weighted by Gasteiger charge is -2.13. The van der Waals surface area contributed by atoms with Crippen LogP contribution in [0, 0.1) is 0 Å². The van der Waals surface area contributed by atoms with Crippen molar-refractivity contribution in [1.29, 1.82) is 0 Å². The first-order valence-electron chi connectivity index (χ1n) is 10.9. The van der Waals surface area contributed by atoms with Crippen molar-refractivity contribution in [2.24, 2.45) is 0 Å². The van der Waals surface area contributed by atoms with Gasteiger partial charge in [-0.25, -0.2) is 0 Å². The zero-order valence-corrected chi connectivity index (χ0v) is 18.1. The largest absolute Gasteiger partial charge is 0.490 e. The fraction of sp³-hybridized carbons (Fsp3) is 0.375. The van der Waals surface area contributed by atoms with Gasteiger partial charge in [0.1, 0.15) is 5.82 Å². The van der Waals surface area contributed by atoms with Crippen LogP contribution in [0.25, 0.3) is 11.4 Å². The summed E-state index contributed by atoms with van der Waals surface area (Å²) in [6.45, 7) is 5.78. The van der Waals surface area contributed by atoms with Gasteiger partial charge in [0.15, 0.2) is 17.3 Å². The van der Waals surface area contributed by atoms with Crippen LogP contribution in [0.2, 0.25) is 0 Å². The third kappa shape index (κ3) is 4.71. The highest BCUT2D eigenvalue weighted by atomic mass is 16.5. The molecule has 2 heterocycles. The lowest BCUT2D eigenvalue weighted by atomic mass is 10.1. The van der Waals surface area contributed by atoms with Crippen LogP contribution >= 0.6 is 0 Å². The molecule has 0 bridgehead atoms. The Labute approximate surface area is 182 Å². The minimum absolute atomic E-state index is 0.207. The summed E-state index contributed by atoms with van der Waals surface area (Å²) in [4.78, 5) is 12.9. The van der Waals surface area contributed by atoms with E-state index in [9.17, 15) is 4.79 Å². The second-order valence-corrected chi connectivity index (χ2v) is 7.46. The molecule has 3 aromatic rings. The predicted molar refractivity (Wildman–Crippen MR) is 120 cm³/mol. The maximum absolute atomic E-state index is 12.9. The highest BCUT2D eigenvalue weighted by Gasteiger charge is 2.17. The second kappa shape index (κ2) is 9.64. The van der Waals surface area contributed by atoms with E-state index in [0.29, 0.717) is 36.0 Å². The van der Waals surface area contributed by atoms with Gasteiger partial charge in [0.25, 0.3) is 5.91 Å². The van der Waals surface area contributed by atoms with E-state index in [0.717, 1.165) is 43.0 Å². The van der Waals surface area contributed by atoms with E-state index in [2.05, 4.69) is 20.1 Å². The topological polar surface area (TPSA) is 78.3 Å². The quantitative estimate of drug-likeness (QED) is 0.598. The minimum Gasteiger partial charge on any atom is -0.490 e. The smallest absolute Gasteiger partial charge is 0.255 e. The van der Waals surface area contributed by atoms with Gasteiger partial charge in [-0.2, -0.15) is 0 Å². The van der Waals surface area contributed by atoms with Crippen LogP contribution in [0.1, 0.15) is 49.3 Å². The Kier molecular flexibility index (Phi) is 6.50. The number of aryl methyl sites for hydroxylation is 1. The van der Waals surface area contributed by atoms with Gasteiger partial charge in [-0.05, 0) is 57.0 Å². The van der Waals surface area contributed by atoms with Crippen molar-refractivity contribution in [3.8, 4) is 22.9 Å². The summed E-state index contributed by atoms with van der Waals surface area (Å²) in [5, 5.41) is 11.8. The van der Waals surface area contributed by atoms with Crippen LogP contribution in [0.3, 0.4) is 0 Å². The molecule has 1 aliphatic rings. The monoisotopic (exact) mass is 420 g/mol. The number of hydrogen-bond donors (Lipinski definition) is 1. The Morgan fingerprint density at radius 1 is 1.00 bits per heavy atom. The fourth-order valence-electron chi connectivity index (χ4n) is 3.83. The molecule has 0 unspecified atom stereocenters. The molecule has 1 aromatic heterocycles. The Morgan fingerprint density at radius 2 is 1.84 bits per heavy atom. The number of hydrogen-bond acceptors (Lipinski definition) is 5. The van der Waals surface area contributed by atoms with Crippen molar-refractivity contribution in [2.45, 2.75) is 46.1 Å². The molecule has 0 spiro atoms. The number of carbonyl (C=O) groups is 1. The molecule has 31 heavy (non-hydrogen) atoms. The molecule has 2 aromatic carbocycles. The Morgan fingerprint density at radius 3 is 2.68 bits per heavy atom. The van der Waals surface area contributed by atoms with Gasteiger partial charge in [0.2, 0.25) is 0 Å².